The average Bonchev–Trinajstić information content (AvgIpc) is 2.39. The van der Waals surface area contributed by atoms with Crippen molar-refractivity contribution in [1.29, 1.82) is 0 Å². The van der Waals surface area contributed by atoms with E-state index in [1.165, 1.54) is 77.0 Å². The van der Waals surface area contributed by atoms with Gasteiger partial charge in [-0.05, 0) is 32.2 Å². The zero-order chi connectivity index (χ0) is 12.3. The van der Waals surface area contributed by atoms with Crippen LogP contribution < -0.4 is 5.32 Å². The summed E-state index contributed by atoms with van der Waals surface area (Å²) < 4.78 is 0. The molecule has 1 saturated carbocycles. The summed E-state index contributed by atoms with van der Waals surface area (Å²) in [5, 5.41) is 3.52. The molecule has 0 saturated heterocycles. The zero-order valence-corrected chi connectivity index (χ0v) is 12.1. The van der Waals surface area contributed by atoms with Crippen molar-refractivity contribution in [3.05, 3.63) is 0 Å². The van der Waals surface area contributed by atoms with Crippen molar-refractivity contribution in [1.82, 2.24) is 5.32 Å². The van der Waals surface area contributed by atoms with E-state index < -0.39 is 0 Å². The number of hydrogen-bond acceptors (Lipinski definition) is 1. The molecule has 0 radical (unpaired) electrons. The normalized spacial score (nSPS) is 19.4. The third-order valence-corrected chi connectivity index (χ3v) is 4.46. The maximum Gasteiger partial charge on any atom is 0.00641 e. The highest BCUT2D eigenvalue weighted by molar-refractivity contribution is 4.71. The molecule has 0 heterocycles. The summed E-state index contributed by atoms with van der Waals surface area (Å²) in [5.74, 6) is 1.05. The summed E-state index contributed by atoms with van der Waals surface area (Å²) in [7, 11) is 2.14. The van der Waals surface area contributed by atoms with E-state index in [0.717, 1.165) is 12.0 Å². The van der Waals surface area contributed by atoms with Gasteiger partial charge in [-0.15, -0.1) is 0 Å². The highest BCUT2D eigenvalue weighted by Gasteiger charge is 2.15. The summed E-state index contributed by atoms with van der Waals surface area (Å²) in [6.07, 6.45) is 17.4. The first-order valence-electron chi connectivity index (χ1n) is 8.04. The SMILES string of the molecule is CCCCCCC(CCC1CCCCC1)NC. The summed E-state index contributed by atoms with van der Waals surface area (Å²) in [5.41, 5.74) is 0. The van der Waals surface area contributed by atoms with E-state index in [-0.39, 0.29) is 0 Å². The largest absolute Gasteiger partial charge is 0.317 e. The lowest BCUT2D eigenvalue weighted by Gasteiger charge is -2.24. The first kappa shape index (κ1) is 15.0. The molecular formula is C16H33N. The molecule has 1 rings (SSSR count). The van der Waals surface area contributed by atoms with E-state index in [0.29, 0.717) is 0 Å². The lowest BCUT2D eigenvalue weighted by molar-refractivity contribution is 0.310. The van der Waals surface area contributed by atoms with E-state index in [9.17, 15) is 0 Å². The second kappa shape index (κ2) is 9.94. The Morgan fingerprint density at radius 2 is 1.76 bits per heavy atom. The third kappa shape index (κ3) is 7.08. The van der Waals surface area contributed by atoms with Gasteiger partial charge < -0.3 is 5.32 Å². The third-order valence-electron chi connectivity index (χ3n) is 4.46. The lowest BCUT2D eigenvalue weighted by Crippen LogP contribution is -2.26. The van der Waals surface area contributed by atoms with Crippen LogP contribution in [0.2, 0.25) is 0 Å². The number of nitrogens with one attached hydrogen (secondary N) is 1. The van der Waals surface area contributed by atoms with Gasteiger partial charge in [0.2, 0.25) is 0 Å². The Bertz CT molecular complexity index is 161. The van der Waals surface area contributed by atoms with E-state index >= 15 is 0 Å². The number of hydrogen-bond donors (Lipinski definition) is 1. The molecule has 0 aromatic carbocycles. The molecule has 1 fully saturated rings. The van der Waals surface area contributed by atoms with E-state index in [4.69, 9.17) is 0 Å². The Morgan fingerprint density at radius 3 is 2.41 bits per heavy atom. The van der Waals surface area contributed by atoms with Crippen molar-refractivity contribution in [3.8, 4) is 0 Å². The van der Waals surface area contributed by atoms with Crippen LogP contribution in [0.5, 0.6) is 0 Å². The Balaban J connectivity index is 2.04. The zero-order valence-electron chi connectivity index (χ0n) is 12.1. The Kier molecular flexibility index (Phi) is 8.78. The molecule has 0 aromatic heterocycles. The minimum absolute atomic E-state index is 0.786. The molecular weight excluding hydrogens is 206 g/mol. The summed E-state index contributed by atoms with van der Waals surface area (Å²) in [6.45, 7) is 2.29. The van der Waals surface area contributed by atoms with Gasteiger partial charge in [-0.1, -0.05) is 64.7 Å². The molecule has 0 bridgehead atoms. The standard InChI is InChI=1S/C16H33N/c1-3-4-5-9-12-16(17-2)14-13-15-10-7-6-8-11-15/h15-17H,3-14H2,1-2H3. The molecule has 1 unspecified atom stereocenters. The van der Waals surface area contributed by atoms with Gasteiger partial charge in [0.15, 0.2) is 0 Å². The van der Waals surface area contributed by atoms with Crippen LogP contribution >= 0.6 is 0 Å². The highest BCUT2D eigenvalue weighted by atomic mass is 14.9. The Labute approximate surface area is 109 Å². The fourth-order valence-corrected chi connectivity index (χ4v) is 3.16. The highest BCUT2D eigenvalue weighted by Crippen LogP contribution is 2.28. The van der Waals surface area contributed by atoms with Crippen LogP contribution in [0.15, 0.2) is 0 Å². The van der Waals surface area contributed by atoms with Gasteiger partial charge in [-0.3, -0.25) is 0 Å². The molecule has 1 N–H and O–H groups in total. The van der Waals surface area contributed by atoms with E-state index in [1.807, 2.05) is 0 Å². The molecule has 0 amide bonds. The van der Waals surface area contributed by atoms with Crippen LogP contribution in [-0.2, 0) is 0 Å². The van der Waals surface area contributed by atoms with Crippen LogP contribution in [0.3, 0.4) is 0 Å². The molecule has 0 spiro atoms. The second-order valence-corrected chi connectivity index (χ2v) is 5.92. The van der Waals surface area contributed by atoms with Crippen LogP contribution in [0.4, 0.5) is 0 Å². The average molecular weight is 239 g/mol. The quantitative estimate of drug-likeness (QED) is 0.564. The van der Waals surface area contributed by atoms with Gasteiger partial charge in [0.05, 0.1) is 0 Å². The minimum atomic E-state index is 0.786. The van der Waals surface area contributed by atoms with Crippen molar-refractivity contribution in [3.63, 3.8) is 0 Å². The van der Waals surface area contributed by atoms with Gasteiger partial charge in [-0.2, -0.15) is 0 Å². The topological polar surface area (TPSA) is 12.0 Å². The van der Waals surface area contributed by atoms with Crippen LogP contribution in [0.1, 0.15) is 84.0 Å². The van der Waals surface area contributed by atoms with Crippen molar-refractivity contribution < 1.29 is 0 Å². The summed E-state index contributed by atoms with van der Waals surface area (Å²) in [4.78, 5) is 0. The lowest BCUT2D eigenvalue weighted by atomic mass is 9.85. The van der Waals surface area contributed by atoms with Gasteiger partial charge in [0.1, 0.15) is 0 Å². The van der Waals surface area contributed by atoms with Crippen LogP contribution in [-0.4, -0.2) is 13.1 Å². The predicted molar refractivity (Wildman–Crippen MR) is 77.4 cm³/mol. The van der Waals surface area contributed by atoms with Crippen molar-refractivity contribution in [2.24, 2.45) is 5.92 Å². The first-order chi connectivity index (χ1) is 8.36. The maximum absolute atomic E-state index is 3.52. The van der Waals surface area contributed by atoms with Gasteiger partial charge in [-0.25, -0.2) is 0 Å². The van der Waals surface area contributed by atoms with Crippen molar-refractivity contribution >= 4 is 0 Å². The summed E-state index contributed by atoms with van der Waals surface area (Å²) in [6, 6.07) is 0.786. The van der Waals surface area contributed by atoms with Crippen molar-refractivity contribution in [2.45, 2.75) is 90.0 Å². The van der Waals surface area contributed by atoms with Gasteiger partial charge >= 0.3 is 0 Å². The Hall–Kier alpha value is -0.0400. The molecule has 102 valence electrons. The molecule has 1 aliphatic carbocycles. The molecule has 0 aliphatic heterocycles. The maximum atomic E-state index is 3.52. The molecule has 1 heteroatoms. The molecule has 0 aromatic rings. The molecule has 1 atom stereocenters. The van der Waals surface area contributed by atoms with Crippen LogP contribution in [0.25, 0.3) is 0 Å². The monoisotopic (exact) mass is 239 g/mol. The molecule has 1 nitrogen and oxygen atoms in total. The second-order valence-electron chi connectivity index (χ2n) is 5.92. The smallest absolute Gasteiger partial charge is 0.00641 e. The summed E-state index contributed by atoms with van der Waals surface area (Å²) >= 11 is 0. The fourth-order valence-electron chi connectivity index (χ4n) is 3.16. The predicted octanol–water partition coefficient (Wildman–Crippen LogP) is 4.91. The Morgan fingerprint density at radius 1 is 1.00 bits per heavy atom. The van der Waals surface area contributed by atoms with Gasteiger partial charge in [0, 0.05) is 6.04 Å². The van der Waals surface area contributed by atoms with Crippen molar-refractivity contribution in [2.75, 3.05) is 7.05 Å². The van der Waals surface area contributed by atoms with Crippen LogP contribution in [0, 0.1) is 5.92 Å². The van der Waals surface area contributed by atoms with Gasteiger partial charge in [0.25, 0.3) is 0 Å². The first-order valence-corrected chi connectivity index (χ1v) is 8.04. The molecule has 1 aliphatic rings. The fraction of sp³-hybridized carbons (Fsp3) is 1.00. The van der Waals surface area contributed by atoms with E-state index in [2.05, 4.69) is 19.3 Å². The number of rotatable bonds is 9. The minimum Gasteiger partial charge on any atom is -0.317 e. The number of unbranched alkanes of at least 4 members (excludes halogenated alkanes) is 3. The molecule has 17 heavy (non-hydrogen) atoms. The van der Waals surface area contributed by atoms with E-state index in [1.54, 1.807) is 0 Å².